The predicted octanol–water partition coefficient (Wildman–Crippen LogP) is 7.59. The van der Waals surface area contributed by atoms with E-state index in [1.165, 1.54) is 0 Å². The Hall–Kier alpha value is -5.07. The smallest absolute Gasteiger partial charge is 0.323 e. The zero-order valence-electron chi connectivity index (χ0n) is 33.2. The number of benzene rings is 4. The molecule has 0 spiro atoms. The van der Waals surface area contributed by atoms with Gasteiger partial charge in [0, 0.05) is 37.9 Å². The molecule has 0 radical (unpaired) electrons. The Kier molecular flexibility index (Phi) is 14.1. The van der Waals surface area contributed by atoms with E-state index in [1.807, 2.05) is 93.6 Å². The van der Waals surface area contributed by atoms with E-state index >= 15 is 0 Å². The molecule has 4 aromatic rings. The number of ether oxygens (including phenoxy) is 3. The van der Waals surface area contributed by atoms with Crippen LogP contribution in [0.5, 0.6) is 0 Å². The number of aliphatic hydroxyl groups excluding tert-OH is 1. The molecule has 0 aromatic heterocycles. The van der Waals surface area contributed by atoms with Gasteiger partial charge in [0.2, 0.25) is 11.8 Å². The molecule has 2 aliphatic rings. The Balaban J connectivity index is 1.08. The van der Waals surface area contributed by atoms with Crippen molar-refractivity contribution in [2.24, 2.45) is 0 Å². The van der Waals surface area contributed by atoms with Crippen LogP contribution >= 0.6 is 0 Å². The second kappa shape index (κ2) is 19.4. The second-order valence-electron chi connectivity index (χ2n) is 16.0. The number of esters is 1. The van der Waals surface area contributed by atoms with Crippen LogP contribution in [0.25, 0.3) is 11.1 Å². The number of anilines is 2. The summed E-state index contributed by atoms with van der Waals surface area (Å²) in [5.41, 5.74) is 12.1. The summed E-state index contributed by atoms with van der Waals surface area (Å²) < 4.78 is 19.1. The van der Waals surface area contributed by atoms with E-state index in [-0.39, 0.29) is 42.6 Å². The first-order valence-electron chi connectivity index (χ1n) is 20.0. The first-order valence-corrected chi connectivity index (χ1v) is 20.0. The molecule has 6 rings (SSSR count). The summed E-state index contributed by atoms with van der Waals surface area (Å²) in [6, 6.07) is 30.9. The Bertz CT molecular complexity index is 1980. The van der Waals surface area contributed by atoms with E-state index in [4.69, 9.17) is 19.9 Å². The molecule has 2 aliphatic heterocycles. The van der Waals surface area contributed by atoms with Crippen molar-refractivity contribution in [3.8, 4) is 11.1 Å². The molecule has 4 aromatic carbocycles. The zero-order chi connectivity index (χ0) is 40.4. The van der Waals surface area contributed by atoms with Crippen LogP contribution in [0, 0.1) is 0 Å². The molecular formula is C46H56N4O7. The molecule has 11 nitrogen and oxygen atoms in total. The van der Waals surface area contributed by atoms with Crippen molar-refractivity contribution in [1.29, 1.82) is 0 Å². The van der Waals surface area contributed by atoms with Gasteiger partial charge in [-0.05, 0) is 105 Å². The third kappa shape index (κ3) is 12.0. The van der Waals surface area contributed by atoms with Gasteiger partial charge < -0.3 is 35.7 Å². The molecule has 0 bridgehead atoms. The number of likely N-dealkylation sites (tertiary alicyclic amines) is 1. The maximum Gasteiger partial charge on any atom is 0.323 e. The summed E-state index contributed by atoms with van der Waals surface area (Å²) in [5, 5.41) is 15.5. The van der Waals surface area contributed by atoms with Gasteiger partial charge in [-0.1, -0.05) is 72.8 Å². The highest BCUT2D eigenvalue weighted by molar-refractivity contribution is 5.93. The van der Waals surface area contributed by atoms with Gasteiger partial charge in [0.1, 0.15) is 11.6 Å². The van der Waals surface area contributed by atoms with Crippen LogP contribution in [0.2, 0.25) is 0 Å². The van der Waals surface area contributed by atoms with Gasteiger partial charge in [-0.3, -0.25) is 19.3 Å². The number of nitrogens with one attached hydrogen (secondary N) is 2. The number of carbonyl (C=O) groups is 3. The highest BCUT2D eigenvalue weighted by Gasteiger charge is 2.39. The molecule has 5 N–H and O–H groups in total. The molecule has 2 saturated heterocycles. The highest BCUT2D eigenvalue weighted by atomic mass is 16.7. The first-order chi connectivity index (χ1) is 27.4. The minimum Gasteiger partial charge on any atom is -0.459 e. The van der Waals surface area contributed by atoms with Gasteiger partial charge in [-0.25, -0.2) is 0 Å². The molecule has 302 valence electrons. The van der Waals surface area contributed by atoms with Crippen molar-refractivity contribution in [1.82, 2.24) is 10.2 Å². The number of para-hydroxylation sites is 2. The SMILES string of the molecule is CC(C)(C)OC(=O)C1CCCN1CC1CC(c2ccc(CO)cc2)OC(c2cccc(-c3cccc(CNC(=O)CCCCC(=O)Nc4ccccc4N)c3)c2)O1. The number of hydrogen-bond acceptors (Lipinski definition) is 9. The maximum atomic E-state index is 13.2. The number of nitrogen functional groups attached to an aromatic ring is 1. The second-order valence-corrected chi connectivity index (χ2v) is 16.0. The van der Waals surface area contributed by atoms with Crippen molar-refractivity contribution in [3.05, 3.63) is 119 Å². The fraction of sp³-hybridized carbons (Fsp3) is 0.413. The summed E-state index contributed by atoms with van der Waals surface area (Å²) in [4.78, 5) is 40.3. The number of amides is 2. The Morgan fingerprint density at radius 3 is 2.30 bits per heavy atom. The Morgan fingerprint density at radius 1 is 0.842 bits per heavy atom. The van der Waals surface area contributed by atoms with Crippen molar-refractivity contribution < 1.29 is 33.7 Å². The quantitative estimate of drug-likeness (QED) is 0.0544. The van der Waals surface area contributed by atoms with Gasteiger partial charge in [-0.2, -0.15) is 0 Å². The predicted molar refractivity (Wildman–Crippen MR) is 221 cm³/mol. The molecule has 2 heterocycles. The minimum absolute atomic E-state index is 0.0322. The van der Waals surface area contributed by atoms with Crippen molar-refractivity contribution in [2.75, 3.05) is 24.1 Å². The van der Waals surface area contributed by atoms with Crippen molar-refractivity contribution in [2.45, 2.75) is 109 Å². The maximum absolute atomic E-state index is 13.2. The van der Waals surface area contributed by atoms with E-state index in [0.29, 0.717) is 56.6 Å². The average molecular weight is 777 g/mol. The lowest BCUT2D eigenvalue weighted by Crippen LogP contribution is -2.45. The minimum atomic E-state index is -0.654. The van der Waals surface area contributed by atoms with E-state index in [0.717, 1.165) is 52.8 Å². The average Bonchev–Trinajstić information content (AvgIpc) is 3.67. The van der Waals surface area contributed by atoms with E-state index in [9.17, 15) is 19.5 Å². The first kappa shape index (κ1) is 41.6. The summed E-state index contributed by atoms with van der Waals surface area (Å²) in [6.07, 6.45) is 2.99. The summed E-state index contributed by atoms with van der Waals surface area (Å²) in [7, 11) is 0. The van der Waals surface area contributed by atoms with Crippen LogP contribution in [0.15, 0.2) is 97.1 Å². The van der Waals surface area contributed by atoms with Gasteiger partial charge >= 0.3 is 5.97 Å². The molecular weight excluding hydrogens is 721 g/mol. The molecule has 11 heteroatoms. The van der Waals surface area contributed by atoms with E-state index in [2.05, 4.69) is 27.7 Å². The summed E-state index contributed by atoms with van der Waals surface area (Å²) in [6.45, 7) is 7.40. The fourth-order valence-corrected chi connectivity index (χ4v) is 7.39. The number of aliphatic hydroxyl groups is 1. The summed E-state index contributed by atoms with van der Waals surface area (Å²) in [5.74, 6) is -0.385. The number of rotatable bonds is 15. The Labute approximate surface area is 335 Å². The lowest BCUT2D eigenvalue weighted by molar-refractivity contribution is -0.253. The van der Waals surface area contributed by atoms with Gasteiger partial charge in [0.15, 0.2) is 6.29 Å². The van der Waals surface area contributed by atoms with Crippen molar-refractivity contribution >= 4 is 29.2 Å². The van der Waals surface area contributed by atoms with E-state index in [1.54, 1.807) is 12.1 Å². The fourth-order valence-electron chi connectivity index (χ4n) is 7.39. The number of nitrogens with zero attached hydrogens (tertiary/aromatic N) is 1. The lowest BCUT2D eigenvalue weighted by Gasteiger charge is -2.38. The van der Waals surface area contributed by atoms with Crippen LogP contribution in [-0.4, -0.2) is 58.6 Å². The topological polar surface area (TPSA) is 152 Å². The third-order valence-electron chi connectivity index (χ3n) is 10.3. The normalized spacial score (nSPS) is 19.9. The molecule has 0 aliphatic carbocycles. The molecule has 2 amide bonds. The zero-order valence-corrected chi connectivity index (χ0v) is 33.2. The molecule has 0 saturated carbocycles. The number of nitrogens with two attached hydrogens (primary N) is 1. The number of carbonyl (C=O) groups excluding carboxylic acids is 3. The molecule has 2 fully saturated rings. The van der Waals surface area contributed by atoms with Gasteiger partial charge in [0.05, 0.1) is 30.2 Å². The van der Waals surface area contributed by atoms with E-state index < -0.39 is 11.9 Å². The van der Waals surface area contributed by atoms with Gasteiger partial charge in [-0.15, -0.1) is 0 Å². The largest absolute Gasteiger partial charge is 0.459 e. The number of hydrogen-bond donors (Lipinski definition) is 4. The van der Waals surface area contributed by atoms with Gasteiger partial charge in [0.25, 0.3) is 0 Å². The van der Waals surface area contributed by atoms with Crippen LogP contribution in [-0.2, 0) is 41.7 Å². The lowest BCUT2D eigenvalue weighted by atomic mass is 9.98. The van der Waals surface area contributed by atoms with Crippen LogP contribution in [0.1, 0.15) is 100 Å². The summed E-state index contributed by atoms with van der Waals surface area (Å²) >= 11 is 0. The van der Waals surface area contributed by atoms with Crippen LogP contribution in [0.3, 0.4) is 0 Å². The van der Waals surface area contributed by atoms with Crippen LogP contribution in [0.4, 0.5) is 11.4 Å². The Morgan fingerprint density at radius 2 is 1.56 bits per heavy atom. The molecule has 4 unspecified atom stereocenters. The number of unbranched alkanes of at least 4 members (excludes halogenated alkanes) is 1. The monoisotopic (exact) mass is 776 g/mol. The molecule has 4 atom stereocenters. The molecule has 57 heavy (non-hydrogen) atoms. The highest BCUT2D eigenvalue weighted by Crippen LogP contribution is 2.40. The van der Waals surface area contributed by atoms with Crippen LogP contribution < -0.4 is 16.4 Å². The van der Waals surface area contributed by atoms with Crippen molar-refractivity contribution in [3.63, 3.8) is 0 Å². The standard InChI is InChI=1S/C46H56N4O7/c1-46(2,3)57-44(54)40-17-10-24-50(40)29-37-27-41(33-22-20-31(30-51)21-23-33)56-45(55-37)36-14-9-13-35(26-36)34-12-8-11-32(25-34)28-48-42(52)18-6-7-19-43(53)49-39-16-5-4-15-38(39)47/h4-5,8-9,11-16,20-23,25-26,37,40-41,45,51H,6-7,10,17-19,24,27-30,47H2,1-3H3,(H,48,52)(H,49,53). The third-order valence-corrected chi connectivity index (χ3v) is 10.3.